The summed E-state index contributed by atoms with van der Waals surface area (Å²) in [4.78, 5) is 0. The highest BCUT2D eigenvalue weighted by Gasteiger charge is 2.39. The molecule has 0 aliphatic carbocycles. The Balaban J connectivity index is 2.17. The van der Waals surface area contributed by atoms with E-state index < -0.39 is 0 Å². The topological polar surface area (TPSA) is 21.8 Å². The summed E-state index contributed by atoms with van der Waals surface area (Å²) in [5.41, 5.74) is 1.05. The van der Waals surface area contributed by atoms with Gasteiger partial charge in [0.05, 0.1) is 0 Å². The zero-order chi connectivity index (χ0) is 6.85. The number of hydrogen-bond acceptors (Lipinski definition) is 2. The van der Waals surface area contributed by atoms with E-state index in [0.717, 1.165) is 5.57 Å². The molecule has 52 valence electrons. The van der Waals surface area contributed by atoms with Crippen molar-refractivity contribution < 1.29 is 9.47 Å². The van der Waals surface area contributed by atoms with Crippen LogP contribution in [0.15, 0.2) is 12.2 Å². The molecule has 2 atom stereocenters. The van der Waals surface area contributed by atoms with Gasteiger partial charge in [-0.2, -0.15) is 0 Å². The van der Waals surface area contributed by atoms with Crippen LogP contribution in [-0.2, 0) is 9.47 Å². The zero-order valence-electron chi connectivity index (χ0n) is 5.89. The maximum atomic E-state index is 5.14. The SMILES string of the molecule is C=C(C)C1OC1OCC. The van der Waals surface area contributed by atoms with Gasteiger partial charge >= 0.3 is 0 Å². The molecule has 0 amide bonds. The van der Waals surface area contributed by atoms with Crippen molar-refractivity contribution in [2.45, 2.75) is 26.2 Å². The van der Waals surface area contributed by atoms with E-state index in [0.29, 0.717) is 6.61 Å². The van der Waals surface area contributed by atoms with Gasteiger partial charge in [-0.25, -0.2) is 0 Å². The maximum Gasteiger partial charge on any atom is 0.188 e. The Morgan fingerprint density at radius 1 is 1.78 bits per heavy atom. The standard InChI is InChI=1S/C7H12O2/c1-4-8-7-6(9-7)5(2)3/h6-7H,2,4H2,1,3H3. The summed E-state index contributed by atoms with van der Waals surface area (Å²) < 4.78 is 10.2. The number of rotatable bonds is 3. The summed E-state index contributed by atoms with van der Waals surface area (Å²) in [5.74, 6) is 0. The molecule has 1 saturated heterocycles. The zero-order valence-corrected chi connectivity index (χ0v) is 5.89. The van der Waals surface area contributed by atoms with Gasteiger partial charge in [-0.15, -0.1) is 0 Å². The second-order valence-electron chi connectivity index (χ2n) is 2.23. The molecule has 0 spiro atoms. The molecule has 0 aromatic heterocycles. The van der Waals surface area contributed by atoms with E-state index in [1.807, 2.05) is 13.8 Å². The Kier molecular flexibility index (Phi) is 1.88. The lowest BCUT2D eigenvalue weighted by Crippen LogP contribution is -1.99. The largest absolute Gasteiger partial charge is 0.350 e. The van der Waals surface area contributed by atoms with Crippen LogP contribution < -0.4 is 0 Å². The molecule has 0 saturated carbocycles. The third-order valence-electron chi connectivity index (χ3n) is 1.27. The molecule has 2 nitrogen and oxygen atoms in total. The molecular formula is C7H12O2. The van der Waals surface area contributed by atoms with Crippen molar-refractivity contribution in [2.24, 2.45) is 0 Å². The van der Waals surface area contributed by atoms with Crippen molar-refractivity contribution in [1.29, 1.82) is 0 Å². The van der Waals surface area contributed by atoms with Crippen LogP contribution in [-0.4, -0.2) is 19.0 Å². The van der Waals surface area contributed by atoms with Crippen LogP contribution in [0.25, 0.3) is 0 Å². The minimum atomic E-state index is 0.00694. The van der Waals surface area contributed by atoms with Crippen molar-refractivity contribution in [2.75, 3.05) is 6.61 Å². The summed E-state index contributed by atoms with van der Waals surface area (Å²) in [7, 11) is 0. The molecule has 0 aromatic carbocycles. The van der Waals surface area contributed by atoms with E-state index in [-0.39, 0.29) is 12.4 Å². The molecular weight excluding hydrogens is 116 g/mol. The minimum absolute atomic E-state index is 0.00694. The normalized spacial score (nSPS) is 32.2. The number of hydrogen-bond donors (Lipinski definition) is 0. The van der Waals surface area contributed by atoms with Gasteiger partial charge in [-0.05, 0) is 19.4 Å². The highest BCUT2D eigenvalue weighted by molar-refractivity contribution is 5.06. The van der Waals surface area contributed by atoms with Gasteiger partial charge in [0, 0.05) is 6.61 Å². The summed E-state index contributed by atoms with van der Waals surface area (Å²) >= 11 is 0. The average molecular weight is 128 g/mol. The van der Waals surface area contributed by atoms with Crippen molar-refractivity contribution in [1.82, 2.24) is 0 Å². The van der Waals surface area contributed by atoms with Crippen molar-refractivity contribution in [3.05, 3.63) is 12.2 Å². The Morgan fingerprint density at radius 3 is 2.78 bits per heavy atom. The van der Waals surface area contributed by atoms with Gasteiger partial charge in [0.1, 0.15) is 6.10 Å². The van der Waals surface area contributed by atoms with Crippen LogP contribution in [0.2, 0.25) is 0 Å². The average Bonchev–Trinajstić information content (AvgIpc) is 2.47. The summed E-state index contributed by atoms with van der Waals surface area (Å²) in [6.45, 7) is 8.36. The molecule has 0 bridgehead atoms. The molecule has 9 heavy (non-hydrogen) atoms. The summed E-state index contributed by atoms with van der Waals surface area (Å²) in [6, 6.07) is 0. The molecule has 0 N–H and O–H groups in total. The Hall–Kier alpha value is -0.340. The van der Waals surface area contributed by atoms with E-state index in [2.05, 4.69) is 6.58 Å². The van der Waals surface area contributed by atoms with E-state index in [1.54, 1.807) is 0 Å². The molecule has 0 radical (unpaired) electrons. The van der Waals surface area contributed by atoms with E-state index in [9.17, 15) is 0 Å². The first-order valence-corrected chi connectivity index (χ1v) is 3.18. The number of epoxide rings is 1. The smallest absolute Gasteiger partial charge is 0.188 e. The quantitative estimate of drug-likeness (QED) is 0.422. The Labute approximate surface area is 55.5 Å². The lowest BCUT2D eigenvalue weighted by atomic mass is 10.2. The lowest BCUT2D eigenvalue weighted by molar-refractivity contribution is 0.0593. The third-order valence-corrected chi connectivity index (χ3v) is 1.27. The highest BCUT2D eigenvalue weighted by Crippen LogP contribution is 2.28. The van der Waals surface area contributed by atoms with Crippen molar-refractivity contribution >= 4 is 0 Å². The van der Waals surface area contributed by atoms with Crippen LogP contribution in [0, 0.1) is 0 Å². The minimum Gasteiger partial charge on any atom is -0.350 e. The lowest BCUT2D eigenvalue weighted by Gasteiger charge is -1.91. The van der Waals surface area contributed by atoms with Crippen LogP contribution >= 0.6 is 0 Å². The van der Waals surface area contributed by atoms with E-state index >= 15 is 0 Å². The van der Waals surface area contributed by atoms with Crippen molar-refractivity contribution in [3.8, 4) is 0 Å². The molecule has 0 aromatic rings. The van der Waals surface area contributed by atoms with Gasteiger partial charge < -0.3 is 9.47 Å². The molecule has 2 heteroatoms. The first kappa shape index (κ1) is 6.78. The maximum absolute atomic E-state index is 5.14. The second kappa shape index (κ2) is 2.50. The first-order chi connectivity index (χ1) is 4.25. The fourth-order valence-electron chi connectivity index (χ4n) is 0.739. The Morgan fingerprint density at radius 2 is 2.44 bits per heavy atom. The van der Waals surface area contributed by atoms with Gasteiger partial charge in [-0.1, -0.05) is 6.58 Å². The van der Waals surface area contributed by atoms with Crippen LogP contribution in [0.5, 0.6) is 0 Å². The molecule has 1 rings (SSSR count). The first-order valence-electron chi connectivity index (χ1n) is 3.18. The number of ether oxygens (including phenoxy) is 2. The predicted octanol–water partition coefficient (Wildman–Crippen LogP) is 1.32. The van der Waals surface area contributed by atoms with Crippen LogP contribution in [0.4, 0.5) is 0 Å². The van der Waals surface area contributed by atoms with Gasteiger partial charge in [-0.3, -0.25) is 0 Å². The predicted molar refractivity (Wildman–Crippen MR) is 35.1 cm³/mol. The summed E-state index contributed by atoms with van der Waals surface area (Å²) in [5, 5.41) is 0. The van der Waals surface area contributed by atoms with E-state index in [4.69, 9.17) is 9.47 Å². The third kappa shape index (κ3) is 1.53. The van der Waals surface area contributed by atoms with Crippen LogP contribution in [0.3, 0.4) is 0 Å². The van der Waals surface area contributed by atoms with Crippen LogP contribution in [0.1, 0.15) is 13.8 Å². The Bertz CT molecular complexity index is 120. The van der Waals surface area contributed by atoms with E-state index in [1.165, 1.54) is 0 Å². The monoisotopic (exact) mass is 128 g/mol. The van der Waals surface area contributed by atoms with Gasteiger partial charge in [0.25, 0.3) is 0 Å². The molecule has 2 unspecified atom stereocenters. The molecule has 1 aliphatic rings. The second-order valence-corrected chi connectivity index (χ2v) is 2.23. The molecule has 1 aliphatic heterocycles. The van der Waals surface area contributed by atoms with Gasteiger partial charge in [0.15, 0.2) is 6.29 Å². The fourth-order valence-corrected chi connectivity index (χ4v) is 0.739. The molecule has 1 heterocycles. The molecule has 1 fully saturated rings. The van der Waals surface area contributed by atoms with Crippen molar-refractivity contribution in [3.63, 3.8) is 0 Å². The fraction of sp³-hybridized carbons (Fsp3) is 0.714. The van der Waals surface area contributed by atoms with Gasteiger partial charge in [0.2, 0.25) is 0 Å². The highest BCUT2D eigenvalue weighted by atomic mass is 16.8. The summed E-state index contributed by atoms with van der Waals surface area (Å²) in [6.07, 6.45) is 0.178.